The number of amides is 1. The molecular formula is C52H83FN6O14S. The van der Waals surface area contributed by atoms with E-state index >= 15 is 0 Å². The lowest BCUT2D eigenvalue weighted by Crippen LogP contribution is -2.63. The number of esters is 1. The number of carbonyl (C=O) groups is 3. The summed E-state index contributed by atoms with van der Waals surface area (Å²) in [7, 11) is 1.53. The van der Waals surface area contributed by atoms with Crippen LogP contribution in [0.1, 0.15) is 112 Å². The maximum absolute atomic E-state index is 14.9. The van der Waals surface area contributed by atoms with E-state index in [2.05, 4.69) is 10.3 Å². The number of alkyl halides is 1. The molecule has 2 aromatic rings. The fourth-order valence-corrected chi connectivity index (χ4v) is 13.1. The number of hydrazine groups is 1. The number of aliphatic hydroxyl groups is 2. The number of ketones is 1. The summed E-state index contributed by atoms with van der Waals surface area (Å²) in [4.78, 5) is 45.1. The molecule has 4 fully saturated rings. The summed E-state index contributed by atoms with van der Waals surface area (Å²) >= 11 is 0. The van der Waals surface area contributed by atoms with E-state index in [9.17, 15) is 37.4 Å². The molecule has 4 N–H and O–H groups in total. The number of nitrogens with two attached hydrogens (primary N) is 1. The van der Waals surface area contributed by atoms with Gasteiger partial charge in [-0.1, -0.05) is 52.0 Å². The van der Waals surface area contributed by atoms with Crippen molar-refractivity contribution in [2.45, 2.75) is 197 Å². The standard InChI is InChI=1S/C52H83FN6O14S/c1-15-40-52(10)44(59(54)49(64)73-52)32(6)42(60)28(2)24-51(9,68-13)46(30(4)41(31(5)47(63)71-40)39-25-50(8,67-12)45(62)33(7)70-39)72-48-43(61)38(22-29(3)69-48)57(11)21-20-35-27-58(56-55-35)36(26-53)23-34-16-18-37(19-17-34)74(14,65)66/h16-19,27-33,36,38-41,43-46,48,61-62H,15,20-26,54H2,1-14H3/t28-,29-,30+,31-,32+,33+,36+,38+,39-,40-,41?,43-,44-,45+,46-,48+,50-,51-,52-/m1/s1. The predicted octanol–water partition coefficient (Wildman–Crippen LogP) is 4.42. The second-order valence-corrected chi connectivity index (χ2v) is 24.4. The highest BCUT2D eigenvalue weighted by Crippen LogP contribution is 2.47. The average molecular weight is 1070 g/mol. The zero-order valence-electron chi connectivity index (χ0n) is 45.7. The first kappa shape index (κ1) is 59.5. The average Bonchev–Trinajstić information content (AvgIpc) is 3.92. The highest BCUT2D eigenvalue weighted by atomic mass is 32.2. The third kappa shape index (κ3) is 12.2. The number of Topliss-reactive ketones (excluding diaryl/α,β-unsaturated/α-hetero) is 1. The molecule has 1 aromatic heterocycles. The summed E-state index contributed by atoms with van der Waals surface area (Å²) in [6.07, 6.45) is -3.85. The number of ether oxygens (including phenoxy) is 7. The highest BCUT2D eigenvalue weighted by Gasteiger charge is 2.61. The molecule has 22 heteroatoms. The first-order chi connectivity index (χ1) is 34.6. The van der Waals surface area contributed by atoms with Crippen molar-refractivity contribution in [1.29, 1.82) is 0 Å². The van der Waals surface area contributed by atoms with Gasteiger partial charge in [-0.25, -0.2) is 33.1 Å². The Morgan fingerprint density at radius 2 is 1.62 bits per heavy atom. The molecule has 6 rings (SSSR count). The van der Waals surface area contributed by atoms with Gasteiger partial charge in [-0.15, -0.1) is 5.10 Å². The third-order valence-corrected chi connectivity index (χ3v) is 18.1. The SMILES string of the molecule is CC[C@H]1OC(=O)[C@H](C)C([C@H]2C[C@@](C)(OC)[C@@H](O)[C@H](C)O2)[C@H](C)[C@@H](O[C@@H]2O[C@H](C)C[C@H](N(C)CCc3cn([C@H](CF)Cc4ccc(S(C)(=O)=O)cc4)nn3)[C@H]2O)[C@](C)(OC)C[C@@H](C)C(=O)[C@H](C)[C@H]2N(N)C(=O)O[C@]12C. The van der Waals surface area contributed by atoms with E-state index in [4.69, 9.17) is 39.0 Å². The Bertz CT molecular complexity index is 2370. The second-order valence-electron chi connectivity index (χ2n) is 22.3. The minimum Gasteiger partial charge on any atom is -0.458 e. The van der Waals surface area contributed by atoms with Crippen molar-refractivity contribution >= 4 is 27.7 Å². The van der Waals surface area contributed by atoms with Gasteiger partial charge >= 0.3 is 12.1 Å². The first-order valence-corrected chi connectivity index (χ1v) is 27.9. The van der Waals surface area contributed by atoms with Crippen LogP contribution in [-0.2, 0) is 65.4 Å². The molecule has 74 heavy (non-hydrogen) atoms. The van der Waals surface area contributed by atoms with E-state index in [1.54, 1.807) is 66.8 Å². The molecule has 1 aromatic carbocycles. The van der Waals surface area contributed by atoms with Crippen LogP contribution in [0.25, 0.3) is 0 Å². The Kier molecular flexibility index (Phi) is 18.9. The van der Waals surface area contributed by atoms with Gasteiger partial charge in [0.1, 0.15) is 36.8 Å². The molecule has 4 saturated heterocycles. The molecule has 1 amide bonds. The monoisotopic (exact) mass is 1070 g/mol. The zero-order chi connectivity index (χ0) is 55.0. The number of likely N-dealkylation sites (N-methyl/N-ethyl adjacent to an activating group) is 1. The van der Waals surface area contributed by atoms with E-state index in [0.717, 1.165) is 16.8 Å². The van der Waals surface area contributed by atoms with Gasteiger partial charge in [-0.2, -0.15) is 0 Å². The summed E-state index contributed by atoms with van der Waals surface area (Å²) in [6.45, 7) is 17.5. The summed E-state index contributed by atoms with van der Waals surface area (Å²) in [5.41, 5.74) is -2.57. The number of hydrogen-bond donors (Lipinski definition) is 3. The number of cyclic esters (lactones) is 1. The first-order valence-electron chi connectivity index (χ1n) is 26.0. The number of carbonyl (C=O) groups excluding carboxylic acids is 3. The van der Waals surface area contributed by atoms with Crippen LogP contribution in [0.5, 0.6) is 0 Å². The summed E-state index contributed by atoms with van der Waals surface area (Å²) < 4.78 is 84.9. The number of nitrogens with zero attached hydrogens (tertiary/aromatic N) is 5. The molecule has 20 nitrogen and oxygen atoms in total. The largest absolute Gasteiger partial charge is 0.458 e. The van der Waals surface area contributed by atoms with Gasteiger partial charge in [0.15, 0.2) is 21.7 Å². The molecule has 0 aliphatic carbocycles. The van der Waals surface area contributed by atoms with Crippen molar-refractivity contribution < 1.29 is 70.6 Å². The van der Waals surface area contributed by atoms with Gasteiger partial charge in [-0.05, 0) is 91.0 Å². The minimum atomic E-state index is -3.38. The lowest BCUT2D eigenvalue weighted by atomic mass is 9.67. The van der Waals surface area contributed by atoms with Crippen LogP contribution in [0, 0.1) is 29.6 Å². The molecule has 1 unspecified atom stereocenters. The van der Waals surface area contributed by atoms with Gasteiger partial charge in [0, 0.05) is 69.9 Å². The molecular weight excluding hydrogens is 984 g/mol. The number of benzene rings is 1. The van der Waals surface area contributed by atoms with Crippen molar-refractivity contribution in [3.8, 4) is 0 Å². The van der Waals surface area contributed by atoms with Crippen molar-refractivity contribution in [3.63, 3.8) is 0 Å². The molecule has 19 atom stereocenters. The summed E-state index contributed by atoms with van der Waals surface area (Å²) in [6, 6.07) is 4.15. The van der Waals surface area contributed by atoms with E-state index in [-0.39, 0.29) is 36.4 Å². The smallest absolute Gasteiger partial charge is 0.425 e. The van der Waals surface area contributed by atoms with E-state index in [1.807, 2.05) is 32.7 Å². The Balaban J connectivity index is 1.31. The molecule has 0 bridgehead atoms. The molecule has 5 heterocycles. The van der Waals surface area contributed by atoms with Crippen molar-refractivity contribution in [1.82, 2.24) is 24.9 Å². The van der Waals surface area contributed by atoms with Crippen molar-refractivity contribution in [2.75, 3.05) is 40.7 Å². The van der Waals surface area contributed by atoms with Crippen LogP contribution in [0.3, 0.4) is 0 Å². The van der Waals surface area contributed by atoms with E-state index < -0.39 is 142 Å². The molecule has 0 spiro atoms. The predicted molar refractivity (Wildman–Crippen MR) is 269 cm³/mol. The topological polar surface area (TPSA) is 254 Å². The quantitative estimate of drug-likeness (QED) is 0.127. The van der Waals surface area contributed by atoms with Gasteiger partial charge in [0.25, 0.3) is 0 Å². The van der Waals surface area contributed by atoms with Crippen LogP contribution >= 0.6 is 0 Å². The zero-order valence-corrected chi connectivity index (χ0v) is 46.5. The normalized spacial score (nSPS) is 39.3. The molecule has 0 saturated carbocycles. The number of methoxy groups -OCH3 is 2. The summed E-state index contributed by atoms with van der Waals surface area (Å²) in [5, 5.41) is 33.2. The minimum absolute atomic E-state index is 0.0881. The van der Waals surface area contributed by atoms with E-state index in [1.165, 1.54) is 31.0 Å². The van der Waals surface area contributed by atoms with Gasteiger partial charge in [0.2, 0.25) is 0 Å². The van der Waals surface area contributed by atoms with Crippen LogP contribution in [0.4, 0.5) is 9.18 Å². The lowest BCUT2D eigenvalue weighted by molar-refractivity contribution is -0.305. The highest BCUT2D eigenvalue weighted by molar-refractivity contribution is 7.90. The maximum atomic E-state index is 14.9. The Morgan fingerprint density at radius 3 is 2.22 bits per heavy atom. The molecule has 4 aliphatic heterocycles. The molecule has 0 radical (unpaired) electrons. The number of halogens is 1. The number of sulfone groups is 1. The van der Waals surface area contributed by atoms with E-state index in [0.29, 0.717) is 25.1 Å². The number of aliphatic hydroxyl groups excluding tert-OH is 2. The Hall–Kier alpha value is -3.71. The molecule has 418 valence electrons. The second kappa shape index (κ2) is 23.5. The fraction of sp³-hybridized carbons (Fsp3) is 0.788. The Morgan fingerprint density at radius 1 is 0.973 bits per heavy atom. The van der Waals surface area contributed by atoms with Gasteiger partial charge in [-0.3, -0.25) is 9.59 Å². The third-order valence-electron chi connectivity index (χ3n) is 17.0. The van der Waals surface area contributed by atoms with Gasteiger partial charge in [0.05, 0.1) is 58.2 Å². The number of hydrogen-bond acceptors (Lipinski definition) is 18. The van der Waals surface area contributed by atoms with Crippen LogP contribution in [0.2, 0.25) is 0 Å². The Labute approximate surface area is 436 Å². The lowest BCUT2D eigenvalue weighted by Gasteiger charge is -2.52. The van der Waals surface area contributed by atoms with Crippen molar-refractivity contribution in [3.05, 3.63) is 41.7 Å². The maximum Gasteiger partial charge on any atom is 0.425 e. The van der Waals surface area contributed by atoms with Crippen molar-refractivity contribution in [2.24, 2.45) is 35.4 Å². The van der Waals surface area contributed by atoms with Crippen LogP contribution < -0.4 is 5.84 Å². The number of fused-ring (bicyclic) bond motifs is 1. The number of aromatic nitrogens is 3. The number of rotatable bonds is 15. The van der Waals surface area contributed by atoms with Crippen LogP contribution in [-0.4, -0.2) is 180 Å². The fourth-order valence-electron chi connectivity index (χ4n) is 12.5. The molecule has 4 aliphatic rings. The van der Waals surface area contributed by atoms with Gasteiger partial charge < -0.3 is 48.3 Å². The summed E-state index contributed by atoms with van der Waals surface area (Å²) in [5.74, 6) is 1.55. The van der Waals surface area contributed by atoms with Crippen LogP contribution in [0.15, 0.2) is 35.4 Å².